The molecule has 2 rings (SSSR count). The molecule has 2 aromatic carbocycles. The maximum atomic E-state index is 5.44. The zero-order chi connectivity index (χ0) is 13.0. The Balaban J connectivity index is 2.17. The quantitative estimate of drug-likeness (QED) is 0.797. The molecule has 2 nitrogen and oxygen atoms in total. The van der Waals surface area contributed by atoms with Crippen LogP contribution < -0.4 is 9.64 Å². The van der Waals surface area contributed by atoms with Crippen LogP contribution in [0.2, 0.25) is 0 Å². The van der Waals surface area contributed by atoms with Crippen molar-refractivity contribution in [2.75, 3.05) is 18.6 Å². The Morgan fingerprint density at radius 3 is 1.89 bits per heavy atom. The first kappa shape index (κ1) is 12.5. The van der Waals surface area contributed by atoms with Crippen LogP contribution in [0.3, 0.4) is 0 Å². The number of ether oxygens (including phenoxy) is 1. The molecule has 0 radical (unpaired) electrons. The number of rotatable bonds is 4. The Morgan fingerprint density at radius 1 is 0.889 bits per heavy atom. The Labute approximate surface area is 109 Å². The summed E-state index contributed by atoms with van der Waals surface area (Å²) in [5.74, 6) is 0.915. The van der Waals surface area contributed by atoms with Gasteiger partial charge in [0.25, 0.3) is 0 Å². The number of nitrogens with zero attached hydrogens (tertiary/aromatic N) is 1. The van der Waals surface area contributed by atoms with Gasteiger partial charge in [-0.05, 0) is 50.2 Å². The Bertz CT molecular complexity index is 488. The molecule has 0 saturated heterocycles. The van der Waals surface area contributed by atoms with Gasteiger partial charge in [0.15, 0.2) is 0 Å². The van der Waals surface area contributed by atoms with Crippen molar-refractivity contribution < 1.29 is 4.74 Å². The second-order valence-corrected chi connectivity index (χ2v) is 4.32. The summed E-state index contributed by atoms with van der Waals surface area (Å²) in [6.07, 6.45) is 0. The third kappa shape index (κ3) is 2.83. The largest absolute Gasteiger partial charge is 0.494 e. The Hall–Kier alpha value is -1.96. The number of hydrogen-bond donors (Lipinski definition) is 0. The summed E-state index contributed by atoms with van der Waals surface area (Å²) in [5, 5.41) is 0. The van der Waals surface area contributed by atoms with E-state index in [0.717, 1.165) is 11.4 Å². The van der Waals surface area contributed by atoms with Gasteiger partial charge in [0, 0.05) is 18.4 Å². The zero-order valence-electron chi connectivity index (χ0n) is 11.2. The molecule has 0 fully saturated rings. The van der Waals surface area contributed by atoms with Crippen LogP contribution in [0.1, 0.15) is 12.5 Å². The highest BCUT2D eigenvalue weighted by molar-refractivity contribution is 5.63. The minimum Gasteiger partial charge on any atom is -0.494 e. The molecular weight excluding hydrogens is 222 g/mol. The molecule has 0 aliphatic heterocycles. The highest BCUT2D eigenvalue weighted by Gasteiger charge is 2.03. The number of aryl methyl sites for hydroxylation is 1. The summed E-state index contributed by atoms with van der Waals surface area (Å²) >= 11 is 0. The smallest absolute Gasteiger partial charge is 0.119 e. The first-order valence-corrected chi connectivity index (χ1v) is 6.24. The standard InChI is InChI=1S/C16H19NO/c1-4-18-16-11-9-15(10-12-16)17(3)14-7-5-13(2)6-8-14/h5-12H,4H2,1-3H3. The van der Waals surface area contributed by atoms with Crippen molar-refractivity contribution in [3.8, 4) is 5.75 Å². The first-order valence-electron chi connectivity index (χ1n) is 6.24. The van der Waals surface area contributed by atoms with Crippen molar-refractivity contribution in [1.29, 1.82) is 0 Å². The van der Waals surface area contributed by atoms with Crippen LogP contribution in [-0.4, -0.2) is 13.7 Å². The fourth-order valence-corrected chi connectivity index (χ4v) is 1.85. The molecule has 0 aromatic heterocycles. The van der Waals surface area contributed by atoms with Crippen molar-refractivity contribution in [3.63, 3.8) is 0 Å². The topological polar surface area (TPSA) is 12.5 Å². The summed E-state index contributed by atoms with van der Waals surface area (Å²) in [4.78, 5) is 2.16. The molecule has 94 valence electrons. The van der Waals surface area contributed by atoms with Crippen LogP contribution in [0.15, 0.2) is 48.5 Å². The van der Waals surface area contributed by atoms with Crippen molar-refractivity contribution in [2.45, 2.75) is 13.8 Å². The van der Waals surface area contributed by atoms with Gasteiger partial charge in [-0.3, -0.25) is 0 Å². The fraction of sp³-hybridized carbons (Fsp3) is 0.250. The molecule has 2 aromatic rings. The lowest BCUT2D eigenvalue weighted by molar-refractivity contribution is 0.340. The first-order chi connectivity index (χ1) is 8.70. The minimum atomic E-state index is 0.702. The molecule has 2 heteroatoms. The van der Waals surface area contributed by atoms with E-state index in [2.05, 4.69) is 55.3 Å². The van der Waals surface area contributed by atoms with E-state index in [1.54, 1.807) is 0 Å². The number of benzene rings is 2. The van der Waals surface area contributed by atoms with Gasteiger partial charge in [0.05, 0.1) is 6.61 Å². The van der Waals surface area contributed by atoms with Crippen molar-refractivity contribution >= 4 is 11.4 Å². The lowest BCUT2D eigenvalue weighted by Crippen LogP contribution is -2.09. The van der Waals surface area contributed by atoms with Gasteiger partial charge in [-0.1, -0.05) is 17.7 Å². The van der Waals surface area contributed by atoms with E-state index in [0.29, 0.717) is 6.61 Å². The number of hydrogen-bond acceptors (Lipinski definition) is 2. The van der Waals surface area contributed by atoms with Gasteiger partial charge in [0.1, 0.15) is 5.75 Å². The minimum absolute atomic E-state index is 0.702. The van der Waals surface area contributed by atoms with Gasteiger partial charge in [0.2, 0.25) is 0 Å². The predicted octanol–water partition coefficient (Wildman–Crippen LogP) is 4.16. The van der Waals surface area contributed by atoms with Crippen LogP contribution in [-0.2, 0) is 0 Å². The van der Waals surface area contributed by atoms with Crippen LogP contribution in [0.5, 0.6) is 5.75 Å². The molecule has 0 unspecified atom stereocenters. The van der Waals surface area contributed by atoms with E-state index >= 15 is 0 Å². The molecule has 0 bridgehead atoms. The third-order valence-corrected chi connectivity index (χ3v) is 2.96. The molecule has 0 aliphatic carbocycles. The average molecular weight is 241 g/mol. The summed E-state index contributed by atoms with van der Waals surface area (Å²) in [5.41, 5.74) is 3.62. The lowest BCUT2D eigenvalue weighted by atomic mass is 10.2. The number of anilines is 2. The van der Waals surface area contributed by atoms with E-state index in [1.165, 1.54) is 11.3 Å². The van der Waals surface area contributed by atoms with Crippen LogP contribution >= 0.6 is 0 Å². The molecule has 0 atom stereocenters. The molecule has 0 heterocycles. The predicted molar refractivity (Wildman–Crippen MR) is 76.9 cm³/mol. The monoisotopic (exact) mass is 241 g/mol. The van der Waals surface area contributed by atoms with Crippen LogP contribution in [0, 0.1) is 6.92 Å². The summed E-state index contributed by atoms with van der Waals surface area (Å²) in [7, 11) is 2.07. The van der Waals surface area contributed by atoms with E-state index < -0.39 is 0 Å². The van der Waals surface area contributed by atoms with Gasteiger partial charge in [-0.15, -0.1) is 0 Å². The van der Waals surface area contributed by atoms with Gasteiger partial charge in [-0.25, -0.2) is 0 Å². The fourth-order valence-electron chi connectivity index (χ4n) is 1.85. The average Bonchev–Trinajstić information content (AvgIpc) is 2.40. The molecule has 18 heavy (non-hydrogen) atoms. The molecule has 0 N–H and O–H groups in total. The highest BCUT2D eigenvalue weighted by atomic mass is 16.5. The van der Waals surface area contributed by atoms with Crippen LogP contribution in [0.25, 0.3) is 0 Å². The van der Waals surface area contributed by atoms with Crippen molar-refractivity contribution in [3.05, 3.63) is 54.1 Å². The molecule has 0 spiro atoms. The summed E-state index contributed by atoms with van der Waals surface area (Å²) < 4.78 is 5.44. The second kappa shape index (κ2) is 5.58. The molecular formula is C16H19NO. The summed E-state index contributed by atoms with van der Waals surface area (Å²) in [6, 6.07) is 16.7. The highest BCUT2D eigenvalue weighted by Crippen LogP contribution is 2.25. The third-order valence-electron chi connectivity index (χ3n) is 2.96. The SMILES string of the molecule is CCOc1ccc(N(C)c2ccc(C)cc2)cc1. The van der Waals surface area contributed by atoms with E-state index in [1.807, 2.05) is 19.1 Å². The van der Waals surface area contributed by atoms with Crippen molar-refractivity contribution in [1.82, 2.24) is 0 Å². The Morgan fingerprint density at radius 2 is 1.39 bits per heavy atom. The Kier molecular flexibility index (Phi) is 3.88. The lowest BCUT2D eigenvalue weighted by Gasteiger charge is -2.20. The maximum absolute atomic E-state index is 5.44. The van der Waals surface area contributed by atoms with E-state index in [4.69, 9.17) is 4.74 Å². The molecule has 0 saturated carbocycles. The van der Waals surface area contributed by atoms with E-state index in [9.17, 15) is 0 Å². The van der Waals surface area contributed by atoms with Gasteiger partial charge in [-0.2, -0.15) is 0 Å². The normalized spacial score (nSPS) is 10.2. The zero-order valence-corrected chi connectivity index (χ0v) is 11.2. The summed E-state index contributed by atoms with van der Waals surface area (Å²) in [6.45, 7) is 4.79. The second-order valence-electron chi connectivity index (χ2n) is 4.32. The van der Waals surface area contributed by atoms with Crippen molar-refractivity contribution in [2.24, 2.45) is 0 Å². The van der Waals surface area contributed by atoms with Gasteiger partial charge >= 0.3 is 0 Å². The molecule has 0 aliphatic rings. The maximum Gasteiger partial charge on any atom is 0.119 e. The van der Waals surface area contributed by atoms with Crippen LogP contribution in [0.4, 0.5) is 11.4 Å². The van der Waals surface area contributed by atoms with Gasteiger partial charge < -0.3 is 9.64 Å². The molecule has 0 amide bonds. The van der Waals surface area contributed by atoms with E-state index in [-0.39, 0.29) is 0 Å².